The van der Waals surface area contributed by atoms with Gasteiger partial charge in [0.15, 0.2) is 5.82 Å². The highest BCUT2D eigenvalue weighted by atomic mass is 19.4. The Morgan fingerprint density at radius 3 is 2.62 bits per heavy atom. The maximum Gasteiger partial charge on any atom is 0.418 e. The number of carbonyl (C=O) groups excluding carboxylic acids is 2. The average molecular weight is 478 g/mol. The Labute approximate surface area is 191 Å². The topological polar surface area (TPSA) is 106 Å². The third-order valence-corrected chi connectivity index (χ3v) is 5.68. The normalized spacial score (nSPS) is 18.6. The zero-order valence-electron chi connectivity index (χ0n) is 18.3. The van der Waals surface area contributed by atoms with E-state index >= 15 is 0 Å². The number of amides is 2. The summed E-state index contributed by atoms with van der Waals surface area (Å²) < 4.78 is 56.2. The summed E-state index contributed by atoms with van der Waals surface area (Å²) in [5, 5.41) is 6.48. The van der Waals surface area contributed by atoms with Crippen molar-refractivity contribution in [1.82, 2.24) is 24.8 Å². The summed E-state index contributed by atoms with van der Waals surface area (Å²) in [4.78, 5) is 30.0. The number of alkyl halides is 4. The molecule has 3 heterocycles. The van der Waals surface area contributed by atoms with Gasteiger partial charge in [-0.15, -0.1) is 0 Å². The first-order chi connectivity index (χ1) is 16.0. The van der Waals surface area contributed by atoms with Crippen LogP contribution in [0.4, 0.5) is 23.4 Å². The number of halogens is 4. The van der Waals surface area contributed by atoms with E-state index in [2.05, 4.69) is 15.4 Å². The number of aromatic nitrogens is 3. The summed E-state index contributed by atoms with van der Waals surface area (Å²) >= 11 is 0. The van der Waals surface area contributed by atoms with E-state index in [1.165, 1.54) is 29.2 Å². The standard InChI is InChI=1S/C22H22F4N6O2/c1-11(2)21(34)31-8-15(23)16(9-31)30-20(33)13-5-3-4-12(6-13)17-7-14(22(24,25)26)18-19(27)28-10-29-32(17)18/h3-7,10-11,15-16H,8-9H2,1-2H3,(H,30,33)(H2,27,28,29)/t15-,16+/m0/s1. The fourth-order valence-electron chi connectivity index (χ4n) is 4.01. The van der Waals surface area contributed by atoms with Crippen molar-refractivity contribution >= 4 is 23.1 Å². The lowest BCUT2D eigenvalue weighted by molar-refractivity contribution is -0.136. The molecular weight excluding hydrogens is 456 g/mol. The molecule has 1 fully saturated rings. The molecule has 0 radical (unpaired) electrons. The molecule has 34 heavy (non-hydrogen) atoms. The maximum atomic E-state index is 14.5. The van der Waals surface area contributed by atoms with Crippen LogP contribution in [0.5, 0.6) is 0 Å². The Morgan fingerprint density at radius 1 is 1.21 bits per heavy atom. The highest BCUT2D eigenvalue weighted by Crippen LogP contribution is 2.38. The second-order valence-electron chi connectivity index (χ2n) is 8.42. The fourth-order valence-corrected chi connectivity index (χ4v) is 4.01. The molecule has 0 saturated carbocycles. The van der Waals surface area contributed by atoms with E-state index in [1.807, 2.05) is 0 Å². The van der Waals surface area contributed by atoms with E-state index < -0.39 is 29.9 Å². The van der Waals surface area contributed by atoms with Crippen LogP contribution in [0.15, 0.2) is 36.7 Å². The number of nitrogen functional groups attached to an aromatic ring is 1. The molecule has 0 aliphatic carbocycles. The molecule has 0 bridgehead atoms. The number of rotatable bonds is 4. The molecule has 0 unspecified atom stereocenters. The molecule has 2 atom stereocenters. The van der Waals surface area contributed by atoms with Crippen LogP contribution >= 0.6 is 0 Å². The monoisotopic (exact) mass is 478 g/mol. The maximum absolute atomic E-state index is 14.5. The number of nitrogens with two attached hydrogens (primary N) is 1. The van der Waals surface area contributed by atoms with Crippen molar-refractivity contribution in [3.63, 3.8) is 0 Å². The molecule has 8 nitrogen and oxygen atoms in total. The third-order valence-electron chi connectivity index (χ3n) is 5.68. The number of hydrogen-bond acceptors (Lipinski definition) is 5. The Morgan fingerprint density at radius 2 is 1.94 bits per heavy atom. The minimum absolute atomic E-state index is 0.0398. The lowest BCUT2D eigenvalue weighted by Crippen LogP contribution is -2.42. The number of likely N-dealkylation sites (tertiary alicyclic amines) is 1. The molecule has 2 aromatic heterocycles. The Balaban J connectivity index is 1.62. The van der Waals surface area contributed by atoms with E-state index in [9.17, 15) is 27.2 Å². The molecule has 180 valence electrons. The molecule has 3 aromatic rings. The SMILES string of the molecule is CC(C)C(=O)N1C[C@H](F)[C@H](NC(=O)c2cccc(-c3cc(C(F)(F)F)c4c(N)ncnn34)c2)C1. The highest BCUT2D eigenvalue weighted by molar-refractivity contribution is 5.96. The number of fused-ring (bicyclic) bond motifs is 1. The minimum atomic E-state index is -4.70. The van der Waals surface area contributed by atoms with Crippen LogP contribution in [0.1, 0.15) is 29.8 Å². The number of hydrogen-bond donors (Lipinski definition) is 2. The van der Waals surface area contributed by atoms with Gasteiger partial charge < -0.3 is 16.0 Å². The van der Waals surface area contributed by atoms with E-state index in [0.29, 0.717) is 0 Å². The van der Waals surface area contributed by atoms with Crippen LogP contribution in [0.25, 0.3) is 16.8 Å². The van der Waals surface area contributed by atoms with Gasteiger partial charge in [0.05, 0.1) is 23.8 Å². The van der Waals surface area contributed by atoms with Gasteiger partial charge in [-0.3, -0.25) is 9.59 Å². The van der Waals surface area contributed by atoms with Crippen LogP contribution < -0.4 is 11.1 Å². The first-order valence-corrected chi connectivity index (χ1v) is 10.5. The summed E-state index contributed by atoms with van der Waals surface area (Å²) in [6.07, 6.45) is -5.10. The van der Waals surface area contributed by atoms with E-state index in [4.69, 9.17) is 5.73 Å². The van der Waals surface area contributed by atoms with Gasteiger partial charge >= 0.3 is 6.18 Å². The van der Waals surface area contributed by atoms with Gasteiger partial charge in [0.1, 0.15) is 18.0 Å². The summed E-state index contributed by atoms with van der Waals surface area (Å²) in [6, 6.07) is 5.86. The fraction of sp³-hybridized carbons (Fsp3) is 0.364. The Kier molecular flexibility index (Phi) is 5.92. The van der Waals surface area contributed by atoms with Crippen LogP contribution in [-0.4, -0.2) is 56.6 Å². The molecular formula is C22H22F4N6O2. The molecule has 2 amide bonds. The molecule has 1 aromatic carbocycles. The van der Waals surface area contributed by atoms with Crippen LogP contribution in [0.2, 0.25) is 0 Å². The molecule has 1 aliphatic heterocycles. The summed E-state index contributed by atoms with van der Waals surface area (Å²) in [5.74, 6) is -1.45. The van der Waals surface area contributed by atoms with Gasteiger partial charge in [-0.2, -0.15) is 18.3 Å². The first kappa shape index (κ1) is 23.5. The van der Waals surface area contributed by atoms with Gasteiger partial charge in [0.25, 0.3) is 5.91 Å². The molecule has 0 spiro atoms. The minimum Gasteiger partial charge on any atom is -0.382 e. The summed E-state index contributed by atoms with van der Waals surface area (Å²) in [5.41, 5.74) is 4.74. The third kappa shape index (κ3) is 4.27. The molecule has 4 rings (SSSR count). The lowest BCUT2D eigenvalue weighted by Gasteiger charge is -2.18. The van der Waals surface area contributed by atoms with Crippen molar-refractivity contribution in [3.8, 4) is 11.3 Å². The predicted octanol–water partition coefficient (Wildman–Crippen LogP) is 2.93. The average Bonchev–Trinajstić information content (AvgIpc) is 3.35. The number of carbonyl (C=O) groups is 2. The largest absolute Gasteiger partial charge is 0.418 e. The van der Waals surface area contributed by atoms with Crippen molar-refractivity contribution in [2.75, 3.05) is 18.8 Å². The van der Waals surface area contributed by atoms with Crippen LogP contribution in [0, 0.1) is 5.92 Å². The second kappa shape index (κ2) is 8.58. The highest BCUT2D eigenvalue weighted by Gasteiger charge is 2.38. The molecule has 12 heteroatoms. The zero-order chi connectivity index (χ0) is 24.8. The van der Waals surface area contributed by atoms with Crippen molar-refractivity contribution in [3.05, 3.63) is 47.8 Å². The van der Waals surface area contributed by atoms with E-state index in [0.717, 1.165) is 16.9 Å². The Hall–Kier alpha value is -3.70. The van der Waals surface area contributed by atoms with Crippen molar-refractivity contribution in [2.24, 2.45) is 5.92 Å². The van der Waals surface area contributed by atoms with E-state index in [1.54, 1.807) is 13.8 Å². The van der Waals surface area contributed by atoms with Crippen molar-refractivity contribution < 1.29 is 27.2 Å². The number of benzene rings is 1. The summed E-state index contributed by atoms with van der Waals surface area (Å²) in [7, 11) is 0. The number of nitrogens with zero attached hydrogens (tertiary/aromatic N) is 4. The van der Waals surface area contributed by atoms with Gasteiger partial charge in [-0.1, -0.05) is 26.0 Å². The smallest absolute Gasteiger partial charge is 0.382 e. The van der Waals surface area contributed by atoms with Gasteiger partial charge in [0, 0.05) is 23.6 Å². The lowest BCUT2D eigenvalue weighted by atomic mass is 10.1. The van der Waals surface area contributed by atoms with Crippen LogP contribution in [0.3, 0.4) is 0 Å². The summed E-state index contributed by atoms with van der Waals surface area (Å²) in [6.45, 7) is 3.35. The molecule has 3 N–H and O–H groups in total. The van der Waals surface area contributed by atoms with Crippen molar-refractivity contribution in [2.45, 2.75) is 32.2 Å². The quantitative estimate of drug-likeness (QED) is 0.561. The Bertz CT molecular complexity index is 1260. The number of anilines is 1. The number of nitrogens with one attached hydrogen (secondary N) is 1. The van der Waals surface area contributed by atoms with E-state index in [-0.39, 0.29) is 53.1 Å². The van der Waals surface area contributed by atoms with Gasteiger partial charge in [-0.05, 0) is 18.2 Å². The first-order valence-electron chi connectivity index (χ1n) is 10.5. The molecule has 1 aliphatic rings. The second-order valence-corrected chi connectivity index (χ2v) is 8.42. The predicted molar refractivity (Wildman–Crippen MR) is 115 cm³/mol. The van der Waals surface area contributed by atoms with Gasteiger partial charge in [0.2, 0.25) is 5.91 Å². The van der Waals surface area contributed by atoms with Crippen molar-refractivity contribution in [1.29, 1.82) is 0 Å². The molecule has 1 saturated heterocycles. The van der Waals surface area contributed by atoms with Crippen LogP contribution in [-0.2, 0) is 11.0 Å². The van der Waals surface area contributed by atoms with Gasteiger partial charge in [-0.25, -0.2) is 13.9 Å². The zero-order valence-corrected chi connectivity index (χ0v) is 18.3.